The molecule has 1 aromatic carbocycles. The fraction of sp³-hybridized carbons (Fsp3) is 0.562. The molecular formula is C16H26N2O2. The molecule has 0 heterocycles. The van der Waals surface area contributed by atoms with Crippen LogP contribution < -0.4 is 5.32 Å². The first-order chi connectivity index (χ1) is 9.60. The van der Waals surface area contributed by atoms with E-state index in [2.05, 4.69) is 12.2 Å². The molecule has 0 saturated heterocycles. The molecular weight excluding hydrogens is 252 g/mol. The van der Waals surface area contributed by atoms with E-state index < -0.39 is 0 Å². The molecule has 0 aromatic heterocycles. The summed E-state index contributed by atoms with van der Waals surface area (Å²) in [6.45, 7) is 4.76. The maximum absolute atomic E-state index is 12.0. The number of urea groups is 1. The lowest BCUT2D eigenvalue weighted by Gasteiger charge is -2.25. The van der Waals surface area contributed by atoms with Gasteiger partial charge in [0.2, 0.25) is 0 Å². The molecule has 0 aliphatic heterocycles. The summed E-state index contributed by atoms with van der Waals surface area (Å²) in [5.74, 6) is 0.149. The second-order valence-electron chi connectivity index (χ2n) is 5.17. The topological polar surface area (TPSA) is 52.6 Å². The zero-order valence-corrected chi connectivity index (χ0v) is 12.7. The molecule has 2 unspecified atom stereocenters. The Morgan fingerprint density at radius 2 is 2.00 bits per heavy atom. The second-order valence-corrected chi connectivity index (χ2v) is 5.17. The van der Waals surface area contributed by atoms with Crippen molar-refractivity contribution in [1.29, 1.82) is 0 Å². The molecule has 0 saturated carbocycles. The van der Waals surface area contributed by atoms with Crippen molar-refractivity contribution >= 4 is 6.03 Å². The van der Waals surface area contributed by atoms with Crippen LogP contribution in [0.1, 0.15) is 38.2 Å². The minimum atomic E-state index is -0.0572. The van der Waals surface area contributed by atoms with Gasteiger partial charge in [-0.15, -0.1) is 0 Å². The van der Waals surface area contributed by atoms with E-state index in [0.29, 0.717) is 13.0 Å². The quantitative estimate of drug-likeness (QED) is 0.805. The van der Waals surface area contributed by atoms with E-state index in [1.165, 1.54) is 0 Å². The number of carbonyl (C=O) groups excluding carboxylic acids is 1. The van der Waals surface area contributed by atoms with E-state index >= 15 is 0 Å². The first-order valence-corrected chi connectivity index (χ1v) is 7.26. The van der Waals surface area contributed by atoms with Crippen LogP contribution in [0.2, 0.25) is 0 Å². The summed E-state index contributed by atoms with van der Waals surface area (Å²) in [6, 6.07) is 10.2. The number of aliphatic hydroxyl groups excluding tert-OH is 1. The Hall–Kier alpha value is -1.55. The Balaban J connectivity index is 2.57. The fourth-order valence-corrected chi connectivity index (χ4v) is 2.08. The largest absolute Gasteiger partial charge is 0.396 e. The molecule has 20 heavy (non-hydrogen) atoms. The molecule has 0 spiro atoms. The van der Waals surface area contributed by atoms with E-state index in [9.17, 15) is 9.90 Å². The van der Waals surface area contributed by atoms with E-state index in [1.807, 2.05) is 44.3 Å². The highest BCUT2D eigenvalue weighted by Gasteiger charge is 2.16. The summed E-state index contributed by atoms with van der Waals surface area (Å²) in [4.78, 5) is 13.8. The van der Waals surface area contributed by atoms with E-state index in [0.717, 1.165) is 12.0 Å². The third kappa shape index (κ3) is 4.85. The van der Waals surface area contributed by atoms with Crippen molar-refractivity contribution in [3.8, 4) is 0 Å². The fourth-order valence-electron chi connectivity index (χ4n) is 2.08. The van der Waals surface area contributed by atoms with Gasteiger partial charge >= 0.3 is 6.03 Å². The van der Waals surface area contributed by atoms with E-state index in [4.69, 9.17) is 0 Å². The predicted octanol–water partition coefficient (Wildman–Crippen LogP) is 2.59. The van der Waals surface area contributed by atoms with Gasteiger partial charge in [-0.1, -0.05) is 37.3 Å². The molecule has 0 aliphatic rings. The smallest absolute Gasteiger partial charge is 0.317 e. The molecule has 4 heteroatoms. The monoisotopic (exact) mass is 278 g/mol. The molecule has 1 rings (SSSR count). The van der Waals surface area contributed by atoms with Gasteiger partial charge in [0.25, 0.3) is 0 Å². The SMILES string of the molecule is CCC(C)N(C)C(=O)NCC(CCO)c1ccccc1. The number of nitrogens with zero attached hydrogens (tertiary/aromatic N) is 1. The first kappa shape index (κ1) is 16.5. The van der Waals surface area contributed by atoms with Crippen molar-refractivity contribution in [2.45, 2.75) is 38.6 Å². The summed E-state index contributed by atoms with van der Waals surface area (Å²) in [7, 11) is 1.81. The third-order valence-electron chi connectivity index (χ3n) is 3.82. The van der Waals surface area contributed by atoms with Crippen molar-refractivity contribution < 1.29 is 9.90 Å². The maximum Gasteiger partial charge on any atom is 0.317 e. The highest BCUT2D eigenvalue weighted by atomic mass is 16.3. The van der Waals surface area contributed by atoms with Crippen molar-refractivity contribution in [3.63, 3.8) is 0 Å². The summed E-state index contributed by atoms with van der Waals surface area (Å²) < 4.78 is 0. The van der Waals surface area contributed by atoms with Crippen LogP contribution in [0.15, 0.2) is 30.3 Å². The molecule has 1 aromatic rings. The minimum Gasteiger partial charge on any atom is -0.396 e. The Morgan fingerprint density at radius 1 is 1.35 bits per heavy atom. The van der Waals surface area contributed by atoms with Crippen molar-refractivity contribution in [1.82, 2.24) is 10.2 Å². The lowest BCUT2D eigenvalue weighted by molar-refractivity contribution is 0.191. The van der Waals surface area contributed by atoms with Gasteiger partial charge in [0.15, 0.2) is 0 Å². The number of nitrogens with one attached hydrogen (secondary N) is 1. The zero-order valence-electron chi connectivity index (χ0n) is 12.7. The van der Waals surface area contributed by atoms with E-state index in [-0.39, 0.29) is 24.6 Å². The van der Waals surface area contributed by atoms with Gasteiger partial charge < -0.3 is 15.3 Å². The lowest BCUT2D eigenvalue weighted by atomic mass is 9.96. The van der Waals surface area contributed by atoms with Gasteiger partial charge in [-0.3, -0.25) is 0 Å². The first-order valence-electron chi connectivity index (χ1n) is 7.26. The number of hydrogen-bond acceptors (Lipinski definition) is 2. The van der Waals surface area contributed by atoms with Crippen molar-refractivity contribution in [3.05, 3.63) is 35.9 Å². The highest BCUT2D eigenvalue weighted by Crippen LogP contribution is 2.18. The predicted molar refractivity (Wildman–Crippen MR) is 81.8 cm³/mol. The van der Waals surface area contributed by atoms with Gasteiger partial charge in [0.1, 0.15) is 0 Å². The van der Waals surface area contributed by atoms with Crippen LogP contribution >= 0.6 is 0 Å². The Labute approximate surface area is 121 Å². The molecule has 0 fully saturated rings. The highest BCUT2D eigenvalue weighted by molar-refractivity contribution is 5.74. The second kappa shape index (κ2) is 8.59. The van der Waals surface area contributed by atoms with Gasteiger partial charge in [0.05, 0.1) is 0 Å². The number of amides is 2. The van der Waals surface area contributed by atoms with Crippen LogP contribution in [-0.2, 0) is 0 Å². The van der Waals surface area contributed by atoms with Crippen LogP contribution in [0.4, 0.5) is 4.79 Å². The van der Waals surface area contributed by atoms with Crippen LogP contribution in [0, 0.1) is 0 Å². The van der Waals surface area contributed by atoms with Gasteiger partial charge in [-0.25, -0.2) is 4.79 Å². The van der Waals surface area contributed by atoms with Crippen LogP contribution in [0.5, 0.6) is 0 Å². The van der Waals surface area contributed by atoms with Crippen LogP contribution in [0.25, 0.3) is 0 Å². The normalized spacial score (nSPS) is 13.6. The molecule has 112 valence electrons. The average Bonchev–Trinajstić information content (AvgIpc) is 2.50. The maximum atomic E-state index is 12.0. The number of benzene rings is 1. The van der Waals surface area contributed by atoms with Crippen molar-refractivity contribution in [2.24, 2.45) is 0 Å². The van der Waals surface area contributed by atoms with Gasteiger partial charge in [-0.05, 0) is 25.3 Å². The molecule has 4 nitrogen and oxygen atoms in total. The average molecular weight is 278 g/mol. The Morgan fingerprint density at radius 3 is 2.55 bits per heavy atom. The minimum absolute atomic E-state index is 0.0572. The number of hydrogen-bond donors (Lipinski definition) is 2. The van der Waals surface area contributed by atoms with Crippen molar-refractivity contribution in [2.75, 3.05) is 20.2 Å². The Kier molecular flexibility index (Phi) is 7.09. The number of rotatable bonds is 7. The zero-order chi connectivity index (χ0) is 15.0. The van der Waals surface area contributed by atoms with Crippen LogP contribution in [0.3, 0.4) is 0 Å². The summed E-state index contributed by atoms with van der Waals surface area (Å²) in [6.07, 6.45) is 1.58. The third-order valence-corrected chi connectivity index (χ3v) is 3.82. The standard InChI is InChI=1S/C16H26N2O2/c1-4-13(2)18(3)16(20)17-12-15(10-11-19)14-8-6-5-7-9-14/h5-9,13,15,19H,4,10-12H2,1-3H3,(H,17,20). The summed E-state index contributed by atoms with van der Waals surface area (Å²) >= 11 is 0. The molecule has 2 atom stereocenters. The molecule has 2 amide bonds. The molecule has 0 aliphatic carbocycles. The number of carbonyl (C=O) groups is 1. The summed E-state index contributed by atoms with van der Waals surface area (Å²) in [5.41, 5.74) is 1.15. The molecule has 2 N–H and O–H groups in total. The number of aliphatic hydroxyl groups is 1. The van der Waals surface area contributed by atoms with Crippen LogP contribution in [-0.4, -0.2) is 42.3 Å². The lowest BCUT2D eigenvalue weighted by Crippen LogP contribution is -2.43. The van der Waals surface area contributed by atoms with E-state index in [1.54, 1.807) is 4.90 Å². The molecule has 0 bridgehead atoms. The Bertz CT molecular complexity index is 395. The van der Waals surface area contributed by atoms with Gasteiger partial charge in [0, 0.05) is 32.2 Å². The summed E-state index contributed by atoms with van der Waals surface area (Å²) in [5, 5.41) is 12.1. The van der Waals surface area contributed by atoms with Gasteiger partial charge in [-0.2, -0.15) is 0 Å². The molecule has 0 radical (unpaired) electrons.